The molecule has 4 aliphatic heterocycles. The summed E-state index contributed by atoms with van der Waals surface area (Å²) in [4.78, 5) is 60.3. The van der Waals surface area contributed by atoms with Crippen LogP contribution in [0.25, 0.3) is 11.3 Å². The summed E-state index contributed by atoms with van der Waals surface area (Å²) in [6.45, 7) is 13.0. The summed E-state index contributed by atoms with van der Waals surface area (Å²) in [5.74, 6) is 3.45. The highest BCUT2D eigenvalue weighted by Gasteiger charge is 2.45. The van der Waals surface area contributed by atoms with Gasteiger partial charge in [-0.15, -0.1) is 16.6 Å². The fraction of sp³-hybridized carbons (Fsp3) is 0.519. The summed E-state index contributed by atoms with van der Waals surface area (Å²) >= 11 is 0. The van der Waals surface area contributed by atoms with Gasteiger partial charge in [0.05, 0.1) is 29.6 Å². The van der Waals surface area contributed by atoms with Crippen molar-refractivity contribution in [3.05, 3.63) is 83.7 Å². The molecule has 4 aromatic rings. The number of carbonyl (C=O) groups excluding carboxylic acids is 3. The number of nitrogens with one attached hydrogen (secondary N) is 3. The Morgan fingerprint density at radius 2 is 1.59 bits per heavy atom. The molecule has 0 unspecified atom stereocenters. The number of phenolic OH excluding ortho intramolecular Hbond substituents is 1. The molecular formula is C52H65N11O5. The van der Waals surface area contributed by atoms with Crippen LogP contribution >= 0.6 is 0 Å². The quantitative estimate of drug-likeness (QED) is 0.136. The number of nitrogens with zero attached hydrogens (tertiary/aromatic N) is 8. The SMILES string of the molecule is C#Cc1ccc([C@H](C)NC(=O)[C@@H]2C[C@@H](O)CN2C(=O)[C@@H](NC(=O)C2CCC(c3cnc(N4CCC(N5CCN6c7cc(-c8ccccc8O)nnc7NC[C@H]6C5)CC4)nc3)CC2)C(C)(C)C)cc1. The van der Waals surface area contributed by atoms with Crippen LogP contribution in [0.2, 0.25) is 0 Å². The largest absolute Gasteiger partial charge is 0.507 e. The number of carbonyl (C=O) groups is 3. The van der Waals surface area contributed by atoms with E-state index in [-0.39, 0.29) is 54.3 Å². The van der Waals surface area contributed by atoms with Gasteiger partial charge in [0.1, 0.15) is 17.8 Å². The van der Waals surface area contributed by atoms with Crippen molar-refractivity contribution in [2.75, 3.05) is 60.9 Å². The first-order chi connectivity index (χ1) is 32.7. The van der Waals surface area contributed by atoms with Gasteiger partial charge in [0, 0.05) is 87.7 Å². The van der Waals surface area contributed by atoms with Crippen LogP contribution in [0.1, 0.15) is 101 Å². The summed E-state index contributed by atoms with van der Waals surface area (Å²) < 4.78 is 0. The van der Waals surface area contributed by atoms with E-state index in [1.165, 1.54) is 4.90 Å². The van der Waals surface area contributed by atoms with Gasteiger partial charge >= 0.3 is 0 Å². The van der Waals surface area contributed by atoms with Crippen molar-refractivity contribution in [2.45, 2.75) is 115 Å². The summed E-state index contributed by atoms with van der Waals surface area (Å²) in [5, 5.41) is 39.6. The normalized spacial score (nSPS) is 24.2. The standard InChI is InChI=1S/C52H65N11O5/c1-6-33-11-13-34(14-12-33)32(2)56-49(67)44-25-40(64)31-63(44)50(68)46(52(3,4)5)57-48(66)36-17-15-35(16-18-36)37-27-54-51(55-28-37)60-21-19-38(20-22-60)61-23-24-62-39(30-61)29-53-47-43(62)26-42(58-59-47)41-9-7-8-10-45(41)65/h1,7-14,26-28,32,35-36,38-40,44,46,64-65H,15-25,29-31H2,2-5H3,(H,53,59)(H,56,67)(H,57,66)/t32-,35?,36?,39-,40+,44-,46+/m0/s1. The molecule has 3 saturated heterocycles. The monoisotopic (exact) mass is 924 g/mol. The molecule has 1 aliphatic carbocycles. The van der Waals surface area contributed by atoms with E-state index in [0.717, 1.165) is 99.1 Å². The molecule has 16 heteroatoms. The number of para-hydroxylation sites is 1. The van der Waals surface area contributed by atoms with Crippen molar-refractivity contribution in [3.8, 4) is 29.4 Å². The van der Waals surface area contributed by atoms with Crippen molar-refractivity contribution in [1.82, 2.24) is 40.6 Å². The van der Waals surface area contributed by atoms with E-state index in [4.69, 9.17) is 16.4 Å². The molecule has 358 valence electrons. The number of terminal acetylenes is 1. The average Bonchev–Trinajstić information content (AvgIpc) is 3.76. The summed E-state index contributed by atoms with van der Waals surface area (Å²) in [5.41, 5.74) is 4.43. The lowest BCUT2D eigenvalue weighted by Crippen LogP contribution is -2.61. The molecule has 16 nitrogen and oxygen atoms in total. The van der Waals surface area contributed by atoms with Crippen LogP contribution in [0.5, 0.6) is 5.75 Å². The number of aliphatic hydroxyl groups is 1. The zero-order valence-electron chi connectivity index (χ0n) is 39.6. The molecule has 5 atom stereocenters. The molecule has 5 aliphatic rings. The van der Waals surface area contributed by atoms with Crippen LogP contribution in [0.15, 0.2) is 67.0 Å². The van der Waals surface area contributed by atoms with Crippen LogP contribution in [-0.2, 0) is 14.4 Å². The lowest BCUT2D eigenvalue weighted by atomic mass is 9.78. The molecule has 2 aromatic carbocycles. The van der Waals surface area contributed by atoms with E-state index in [0.29, 0.717) is 36.2 Å². The number of aliphatic hydroxyl groups excluding tert-OH is 1. The number of amides is 3. The maximum absolute atomic E-state index is 14.3. The van der Waals surface area contributed by atoms with Crippen molar-refractivity contribution in [1.29, 1.82) is 0 Å². The maximum Gasteiger partial charge on any atom is 0.246 e. The molecule has 0 spiro atoms. The van der Waals surface area contributed by atoms with Gasteiger partial charge in [-0.3, -0.25) is 19.3 Å². The van der Waals surface area contributed by atoms with E-state index < -0.39 is 23.6 Å². The molecule has 3 amide bonds. The maximum atomic E-state index is 14.3. The number of piperazine rings is 1. The topological polar surface area (TPSA) is 192 Å². The van der Waals surface area contributed by atoms with Crippen molar-refractivity contribution in [3.63, 3.8) is 0 Å². The fourth-order valence-corrected chi connectivity index (χ4v) is 10.9. The minimum Gasteiger partial charge on any atom is -0.507 e. The Labute approximate surface area is 399 Å². The Morgan fingerprint density at radius 3 is 2.28 bits per heavy atom. The van der Waals surface area contributed by atoms with E-state index in [1.807, 2.05) is 82.6 Å². The third-order valence-electron chi connectivity index (χ3n) is 15.0. The van der Waals surface area contributed by atoms with Crippen LogP contribution in [-0.4, -0.2) is 134 Å². The Bertz CT molecular complexity index is 2490. The molecule has 4 fully saturated rings. The minimum absolute atomic E-state index is 0.0175. The number of hydrogen-bond donors (Lipinski definition) is 5. The highest BCUT2D eigenvalue weighted by Crippen LogP contribution is 2.39. The lowest BCUT2D eigenvalue weighted by Gasteiger charge is -2.49. The molecular weight excluding hydrogens is 859 g/mol. The van der Waals surface area contributed by atoms with Gasteiger partial charge in [0.2, 0.25) is 23.7 Å². The van der Waals surface area contributed by atoms with Gasteiger partial charge in [-0.05, 0) is 98.2 Å². The van der Waals surface area contributed by atoms with Crippen LogP contribution in [0, 0.1) is 23.7 Å². The highest BCUT2D eigenvalue weighted by molar-refractivity contribution is 5.93. The van der Waals surface area contributed by atoms with Gasteiger partial charge in [-0.25, -0.2) is 9.97 Å². The Morgan fingerprint density at radius 1 is 0.868 bits per heavy atom. The molecule has 5 N–H and O–H groups in total. The number of benzene rings is 2. The van der Waals surface area contributed by atoms with Gasteiger partial charge in [-0.1, -0.05) is 51.0 Å². The first kappa shape index (κ1) is 46.8. The predicted octanol–water partition coefficient (Wildman–Crippen LogP) is 4.85. The van der Waals surface area contributed by atoms with Gasteiger partial charge in [0.15, 0.2) is 5.82 Å². The fourth-order valence-electron chi connectivity index (χ4n) is 10.9. The smallest absolute Gasteiger partial charge is 0.246 e. The molecule has 68 heavy (non-hydrogen) atoms. The zero-order chi connectivity index (χ0) is 47.7. The number of piperidine rings is 1. The van der Waals surface area contributed by atoms with Gasteiger partial charge in [0.25, 0.3) is 0 Å². The number of rotatable bonds is 10. The average molecular weight is 924 g/mol. The van der Waals surface area contributed by atoms with Gasteiger partial charge in [-0.2, -0.15) is 0 Å². The molecule has 6 heterocycles. The van der Waals surface area contributed by atoms with Crippen LogP contribution in [0.4, 0.5) is 17.5 Å². The number of anilines is 3. The number of aromatic hydroxyl groups is 1. The second kappa shape index (κ2) is 19.7. The van der Waals surface area contributed by atoms with Gasteiger partial charge < -0.3 is 40.9 Å². The second-order valence-corrected chi connectivity index (χ2v) is 20.5. The molecule has 0 bridgehead atoms. The number of hydrogen-bond acceptors (Lipinski definition) is 13. The van der Waals surface area contributed by atoms with E-state index >= 15 is 0 Å². The Hall–Kier alpha value is -6.31. The Balaban J connectivity index is 0.741. The summed E-state index contributed by atoms with van der Waals surface area (Å²) in [7, 11) is 0. The number of fused-ring (bicyclic) bond motifs is 3. The van der Waals surface area contributed by atoms with Crippen molar-refractivity contribution in [2.24, 2.45) is 11.3 Å². The van der Waals surface area contributed by atoms with E-state index in [9.17, 15) is 24.6 Å². The number of aromatic nitrogens is 4. The first-order valence-corrected chi connectivity index (χ1v) is 24.4. The minimum atomic E-state index is -0.881. The molecule has 0 radical (unpaired) electrons. The summed E-state index contributed by atoms with van der Waals surface area (Å²) in [6, 6.07) is 15.4. The lowest BCUT2D eigenvalue weighted by molar-refractivity contribution is -0.144. The second-order valence-electron chi connectivity index (χ2n) is 20.5. The van der Waals surface area contributed by atoms with E-state index in [1.54, 1.807) is 12.1 Å². The predicted molar refractivity (Wildman–Crippen MR) is 261 cm³/mol. The van der Waals surface area contributed by atoms with Crippen LogP contribution < -0.4 is 25.8 Å². The summed E-state index contributed by atoms with van der Waals surface area (Å²) in [6.07, 6.45) is 13.7. The van der Waals surface area contributed by atoms with E-state index in [2.05, 4.69) is 46.8 Å². The zero-order valence-corrected chi connectivity index (χ0v) is 39.6. The Kier molecular flexibility index (Phi) is 13.6. The number of likely N-dealkylation sites (tertiary alicyclic amines) is 1. The molecule has 1 saturated carbocycles. The van der Waals surface area contributed by atoms with Crippen molar-refractivity contribution >= 4 is 35.2 Å². The molecule has 2 aromatic heterocycles. The van der Waals surface area contributed by atoms with Crippen LogP contribution in [0.3, 0.4) is 0 Å². The highest BCUT2D eigenvalue weighted by atomic mass is 16.3. The van der Waals surface area contributed by atoms with Crippen molar-refractivity contribution < 1.29 is 24.6 Å². The first-order valence-electron chi connectivity index (χ1n) is 24.4. The third kappa shape index (κ3) is 9.96. The number of phenols is 1. The number of β-amino-alcohol motifs (C(OH)–C–C–N with tert-alkyl or cyclic N) is 1. The third-order valence-corrected chi connectivity index (χ3v) is 15.0. The molecule has 9 rings (SSSR count).